The Hall–Kier alpha value is -4.75. The van der Waals surface area contributed by atoms with E-state index in [4.69, 9.17) is 0 Å². The van der Waals surface area contributed by atoms with E-state index < -0.39 is 0 Å². The molecule has 47 heavy (non-hydrogen) atoms. The zero-order valence-corrected chi connectivity index (χ0v) is 28.5. The second kappa shape index (κ2) is 11.2. The monoisotopic (exact) mass is 590 g/mol. The number of fused-ring (bicyclic) bond motifs is 4. The molecule has 8 rings (SSSR count). The summed E-state index contributed by atoms with van der Waals surface area (Å²) in [6.45, 7) is 0. The van der Waals surface area contributed by atoms with E-state index in [1.54, 1.807) is 0 Å². The summed E-state index contributed by atoms with van der Waals surface area (Å²) < 4.78 is 0. The Morgan fingerprint density at radius 2 is 0.702 bits per heavy atom. The van der Waals surface area contributed by atoms with Crippen LogP contribution in [-0.2, 0) is 0 Å². The molecule has 0 saturated heterocycles. The van der Waals surface area contributed by atoms with Crippen molar-refractivity contribution in [1.82, 2.24) is 0 Å². The number of rotatable bonds is 3. The summed E-state index contributed by atoms with van der Waals surface area (Å²) in [6.07, 6.45) is 0. The van der Waals surface area contributed by atoms with E-state index in [2.05, 4.69) is 170 Å². The summed E-state index contributed by atoms with van der Waals surface area (Å²) in [7, 11) is 16.2. The first-order chi connectivity index (χ1) is 22.8. The standard InChI is InChI=1S/C40H33B7/c41-34-31(32-33(36(43)38(34)45)37(44)40(47)39(46)35(32)42)30-27-11-5-3-9-25(27)29(26-10-4-6-12-28(26)30)22-16-13-21(14-17-22)24-18-15-20-7-1-2-8-23(20)19-24/h1-19H,41-47H2. The van der Waals surface area contributed by atoms with Gasteiger partial charge in [0.2, 0.25) is 0 Å². The third kappa shape index (κ3) is 4.47. The molecule has 8 aromatic carbocycles. The molecule has 0 radical (unpaired) electrons. The van der Waals surface area contributed by atoms with Crippen LogP contribution in [0.4, 0.5) is 0 Å². The van der Waals surface area contributed by atoms with Crippen molar-refractivity contribution >= 4 is 136 Å². The molecule has 0 aromatic heterocycles. The average molecular weight is 589 g/mol. The molecule has 214 valence electrons. The van der Waals surface area contributed by atoms with Gasteiger partial charge >= 0.3 is 0 Å². The molecule has 0 saturated carbocycles. The second-order valence-electron chi connectivity index (χ2n) is 13.5. The number of hydrogen-bond acceptors (Lipinski definition) is 0. The van der Waals surface area contributed by atoms with Crippen molar-refractivity contribution in [3.63, 3.8) is 0 Å². The summed E-state index contributed by atoms with van der Waals surface area (Å²) in [6, 6.07) is 42.7. The predicted octanol–water partition coefficient (Wildman–Crippen LogP) is -0.891. The quantitative estimate of drug-likeness (QED) is 0.186. The molecular weight excluding hydrogens is 556 g/mol. The van der Waals surface area contributed by atoms with Gasteiger partial charge in [0.15, 0.2) is 0 Å². The van der Waals surface area contributed by atoms with Gasteiger partial charge in [0.05, 0.1) is 0 Å². The van der Waals surface area contributed by atoms with Gasteiger partial charge in [0, 0.05) is 0 Å². The lowest BCUT2D eigenvalue weighted by atomic mass is 9.58. The van der Waals surface area contributed by atoms with Crippen LogP contribution in [-0.4, -0.2) is 54.9 Å². The van der Waals surface area contributed by atoms with E-state index in [0.29, 0.717) is 0 Å². The van der Waals surface area contributed by atoms with E-state index in [0.717, 1.165) is 0 Å². The van der Waals surface area contributed by atoms with Crippen LogP contribution in [0.1, 0.15) is 0 Å². The van der Waals surface area contributed by atoms with Crippen LogP contribution in [0.25, 0.3) is 76.5 Å². The lowest BCUT2D eigenvalue weighted by Crippen LogP contribution is -2.52. The Morgan fingerprint density at radius 1 is 0.277 bits per heavy atom. The molecular formula is C40H33B7. The van der Waals surface area contributed by atoms with E-state index >= 15 is 0 Å². The van der Waals surface area contributed by atoms with Crippen LogP contribution in [0.5, 0.6) is 0 Å². The second-order valence-corrected chi connectivity index (χ2v) is 13.5. The maximum atomic E-state index is 2.34. The maximum absolute atomic E-state index is 2.34. The van der Waals surface area contributed by atoms with Gasteiger partial charge in [-0.05, 0) is 82.5 Å². The molecule has 0 spiro atoms. The average Bonchev–Trinajstić information content (AvgIpc) is 3.11. The minimum atomic E-state index is 1.23. The van der Waals surface area contributed by atoms with Crippen molar-refractivity contribution in [2.24, 2.45) is 0 Å². The van der Waals surface area contributed by atoms with E-state index in [9.17, 15) is 0 Å². The minimum absolute atomic E-state index is 1.23. The zero-order chi connectivity index (χ0) is 32.6. The van der Waals surface area contributed by atoms with Crippen LogP contribution < -0.4 is 38.2 Å². The zero-order valence-electron chi connectivity index (χ0n) is 28.5. The van der Waals surface area contributed by atoms with Gasteiger partial charge in [0.1, 0.15) is 54.9 Å². The van der Waals surface area contributed by atoms with Gasteiger partial charge in [0.25, 0.3) is 0 Å². The third-order valence-electron chi connectivity index (χ3n) is 11.3. The van der Waals surface area contributed by atoms with Gasteiger partial charge in [-0.15, -0.1) is 16.4 Å². The highest BCUT2D eigenvalue weighted by molar-refractivity contribution is 6.72. The molecule has 0 aliphatic rings. The minimum Gasteiger partial charge on any atom is -0.101 e. The van der Waals surface area contributed by atoms with Crippen LogP contribution in [0.15, 0.2) is 115 Å². The van der Waals surface area contributed by atoms with Gasteiger partial charge in [-0.1, -0.05) is 131 Å². The molecule has 0 amide bonds. The Kier molecular flexibility index (Phi) is 7.06. The Balaban J connectivity index is 1.43. The molecule has 8 aromatic rings. The fourth-order valence-corrected chi connectivity index (χ4v) is 8.16. The topological polar surface area (TPSA) is 0 Å². The predicted molar refractivity (Wildman–Crippen MR) is 230 cm³/mol. The summed E-state index contributed by atoms with van der Waals surface area (Å²) in [4.78, 5) is 0. The third-order valence-corrected chi connectivity index (χ3v) is 11.3. The van der Waals surface area contributed by atoms with Crippen LogP contribution in [0.3, 0.4) is 0 Å². The van der Waals surface area contributed by atoms with E-state index in [1.165, 1.54) is 115 Å². The lowest BCUT2D eigenvalue weighted by molar-refractivity contribution is 1.63. The molecule has 0 aliphatic carbocycles. The Morgan fingerprint density at radius 3 is 1.28 bits per heavy atom. The van der Waals surface area contributed by atoms with E-state index in [1.807, 2.05) is 0 Å². The number of hydrogen-bond donors (Lipinski definition) is 0. The van der Waals surface area contributed by atoms with Gasteiger partial charge in [-0.2, -0.15) is 0 Å². The molecule has 0 atom stereocenters. The normalized spacial score (nSPS) is 11.6. The molecule has 7 heteroatoms. The molecule has 0 N–H and O–H groups in total. The summed E-state index contributed by atoms with van der Waals surface area (Å²) in [5.41, 5.74) is 17.5. The maximum Gasteiger partial charge on any atom is 0.139 e. The fourth-order valence-electron chi connectivity index (χ4n) is 8.16. The summed E-state index contributed by atoms with van der Waals surface area (Å²) in [5.74, 6) is 0. The van der Waals surface area contributed by atoms with Crippen LogP contribution in [0, 0.1) is 0 Å². The van der Waals surface area contributed by atoms with Crippen molar-refractivity contribution < 1.29 is 0 Å². The molecule has 0 aliphatic heterocycles. The van der Waals surface area contributed by atoms with E-state index in [-0.39, 0.29) is 0 Å². The van der Waals surface area contributed by atoms with Crippen molar-refractivity contribution in [3.05, 3.63) is 115 Å². The van der Waals surface area contributed by atoms with Crippen molar-refractivity contribution in [2.75, 3.05) is 0 Å². The Bertz CT molecular complexity index is 2520. The largest absolute Gasteiger partial charge is 0.139 e. The highest BCUT2D eigenvalue weighted by atomic mass is 14.2. The van der Waals surface area contributed by atoms with Gasteiger partial charge in [-0.3, -0.25) is 0 Å². The smallest absolute Gasteiger partial charge is 0.101 e. The molecule has 0 unspecified atom stereocenters. The van der Waals surface area contributed by atoms with Gasteiger partial charge in [-0.25, -0.2) is 0 Å². The molecule has 0 heterocycles. The first-order valence-electron chi connectivity index (χ1n) is 16.8. The van der Waals surface area contributed by atoms with Crippen molar-refractivity contribution in [1.29, 1.82) is 0 Å². The lowest BCUT2D eigenvalue weighted by Gasteiger charge is -2.27. The SMILES string of the molecule is Bc1c(B)c(B)c2c(-c3c4ccccc4c(-c4ccc(-c5ccc6ccccc6c5)cc4)c4ccccc34)c(B)c(B)c(B)c2c1B. The molecule has 0 bridgehead atoms. The number of benzene rings is 8. The first kappa shape index (κ1) is 29.6. The van der Waals surface area contributed by atoms with Crippen LogP contribution in [0.2, 0.25) is 0 Å². The molecule has 0 nitrogen and oxygen atoms in total. The van der Waals surface area contributed by atoms with Crippen molar-refractivity contribution in [2.45, 2.75) is 0 Å². The first-order valence-corrected chi connectivity index (χ1v) is 16.8. The van der Waals surface area contributed by atoms with Gasteiger partial charge < -0.3 is 0 Å². The van der Waals surface area contributed by atoms with Crippen molar-refractivity contribution in [3.8, 4) is 33.4 Å². The van der Waals surface area contributed by atoms with Crippen LogP contribution >= 0.6 is 0 Å². The fraction of sp³-hybridized carbons (Fsp3) is 0. The molecule has 0 fully saturated rings. The highest BCUT2D eigenvalue weighted by Gasteiger charge is 2.23. The summed E-state index contributed by atoms with van der Waals surface area (Å²) in [5, 5.41) is 10.6. The highest BCUT2D eigenvalue weighted by Crippen LogP contribution is 2.44. The summed E-state index contributed by atoms with van der Waals surface area (Å²) >= 11 is 0. The Labute approximate surface area is 283 Å².